The van der Waals surface area contributed by atoms with E-state index in [1.807, 2.05) is 13.0 Å². The lowest BCUT2D eigenvalue weighted by atomic mass is 10.2. The van der Waals surface area contributed by atoms with Gasteiger partial charge in [-0.1, -0.05) is 0 Å². The van der Waals surface area contributed by atoms with Crippen LogP contribution in [0.5, 0.6) is 0 Å². The molecule has 6 heteroatoms. The molecule has 2 N–H and O–H groups in total. The Kier molecular flexibility index (Phi) is 6.20. The van der Waals surface area contributed by atoms with Gasteiger partial charge in [0.05, 0.1) is 6.10 Å². The molecule has 2 rings (SSSR count). The number of nitrogens with zero attached hydrogens (tertiary/aromatic N) is 3. The Morgan fingerprint density at radius 3 is 2.71 bits per heavy atom. The lowest BCUT2D eigenvalue weighted by Crippen LogP contribution is -2.19. The summed E-state index contributed by atoms with van der Waals surface area (Å²) in [5.74, 6) is 2.53. The van der Waals surface area contributed by atoms with Crippen LogP contribution < -0.4 is 10.6 Å². The van der Waals surface area contributed by atoms with Crippen molar-refractivity contribution < 1.29 is 4.74 Å². The molecular formula is C15H27N5O. The molecule has 0 saturated carbocycles. The maximum absolute atomic E-state index is 5.61. The molecule has 1 aliphatic rings. The molecule has 1 aliphatic heterocycles. The van der Waals surface area contributed by atoms with Gasteiger partial charge in [0.1, 0.15) is 17.5 Å². The number of rotatable bonds is 8. The van der Waals surface area contributed by atoms with E-state index in [-0.39, 0.29) is 0 Å². The molecule has 118 valence electrons. The minimum atomic E-state index is 0.316. The van der Waals surface area contributed by atoms with Gasteiger partial charge in [0.25, 0.3) is 0 Å². The zero-order valence-electron chi connectivity index (χ0n) is 13.4. The molecule has 0 radical (unpaired) electrons. The average Bonchev–Trinajstić information content (AvgIpc) is 2.94. The molecule has 0 spiro atoms. The molecule has 1 unspecified atom stereocenters. The number of hydrogen-bond acceptors (Lipinski definition) is 6. The molecule has 1 atom stereocenters. The fourth-order valence-corrected chi connectivity index (χ4v) is 2.38. The standard InChI is InChI=1S/C15H27N5O/c1-12-18-14(16-7-5-8-20(2)3)10-15(19-12)17-11-13-6-4-9-21-13/h10,13H,4-9,11H2,1-3H3,(H2,16,17,18,19). The van der Waals surface area contributed by atoms with Gasteiger partial charge in [0, 0.05) is 25.8 Å². The third kappa shape index (κ3) is 5.85. The van der Waals surface area contributed by atoms with Crippen molar-refractivity contribution in [1.29, 1.82) is 0 Å². The maximum atomic E-state index is 5.61. The molecule has 21 heavy (non-hydrogen) atoms. The van der Waals surface area contributed by atoms with Crippen molar-refractivity contribution in [2.45, 2.75) is 32.3 Å². The Morgan fingerprint density at radius 2 is 2.05 bits per heavy atom. The number of hydrogen-bond donors (Lipinski definition) is 2. The number of ether oxygens (including phenoxy) is 1. The Morgan fingerprint density at radius 1 is 1.29 bits per heavy atom. The number of aryl methyl sites for hydroxylation is 1. The molecule has 0 amide bonds. The van der Waals surface area contributed by atoms with Gasteiger partial charge in [-0.05, 0) is 46.8 Å². The van der Waals surface area contributed by atoms with Gasteiger partial charge in [0.2, 0.25) is 0 Å². The predicted molar refractivity (Wildman–Crippen MR) is 85.9 cm³/mol. The van der Waals surface area contributed by atoms with Crippen LogP contribution >= 0.6 is 0 Å². The van der Waals surface area contributed by atoms with Crippen LogP contribution in [0.15, 0.2) is 6.07 Å². The number of nitrogens with one attached hydrogen (secondary N) is 2. The quantitative estimate of drug-likeness (QED) is 0.712. The second-order valence-corrected chi connectivity index (χ2v) is 5.79. The summed E-state index contributed by atoms with van der Waals surface area (Å²) in [4.78, 5) is 11.0. The minimum Gasteiger partial charge on any atom is -0.376 e. The van der Waals surface area contributed by atoms with Crippen LogP contribution in [-0.4, -0.2) is 61.3 Å². The Balaban J connectivity index is 1.81. The molecule has 0 bridgehead atoms. The molecule has 1 aromatic rings. The highest BCUT2D eigenvalue weighted by molar-refractivity contribution is 5.47. The van der Waals surface area contributed by atoms with Crippen LogP contribution in [0.1, 0.15) is 25.1 Å². The third-order valence-electron chi connectivity index (χ3n) is 3.46. The largest absolute Gasteiger partial charge is 0.376 e. The first-order chi connectivity index (χ1) is 10.1. The van der Waals surface area contributed by atoms with Crippen molar-refractivity contribution >= 4 is 11.6 Å². The average molecular weight is 293 g/mol. The van der Waals surface area contributed by atoms with Gasteiger partial charge in [-0.2, -0.15) is 0 Å². The van der Waals surface area contributed by atoms with Crippen molar-refractivity contribution in [2.75, 3.05) is 51.0 Å². The van der Waals surface area contributed by atoms with Gasteiger partial charge >= 0.3 is 0 Å². The third-order valence-corrected chi connectivity index (χ3v) is 3.46. The summed E-state index contributed by atoms with van der Waals surface area (Å²) < 4.78 is 5.61. The number of anilines is 2. The van der Waals surface area contributed by atoms with Crippen LogP contribution in [-0.2, 0) is 4.74 Å². The second kappa shape index (κ2) is 8.14. The van der Waals surface area contributed by atoms with Crippen LogP contribution in [0.25, 0.3) is 0 Å². The lowest BCUT2D eigenvalue weighted by Gasteiger charge is -2.13. The second-order valence-electron chi connectivity index (χ2n) is 5.79. The summed E-state index contributed by atoms with van der Waals surface area (Å²) in [6.45, 7) is 5.60. The first-order valence-corrected chi connectivity index (χ1v) is 7.73. The highest BCUT2D eigenvalue weighted by atomic mass is 16.5. The monoisotopic (exact) mass is 293 g/mol. The fraction of sp³-hybridized carbons (Fsp3) is 0.733. The normalized spacial score (nSPS) is 18.2. The summed E-state index contributed by atoms with van der Waals surface area (Å²) in [5, 5.41) is 6.71. The van der Waals surface area contributed by atoms with Crippen molar-refractivity contribution in [3.63, 3.8) is 0 Å². The highest BCUT2D eigenvalue weighted by Gasteiger charge is 2.15. The molecule has 1 aromatic heterocycles. The Labute approximate surface area is 127 Å². The molecule has 0 aliphatic carbocycles. The smallest absolute Gasteiger partial charge is 0.131 e. The zero-order valence-corrected chi connectivity index (χ0v) is 13.4. The highest BCUT2D eigenvalue weighted by Crippen LogP contribution is 2.15. The number of aromatic nitrogens is 2. The molecule has 2 heterocycles. The SMILES string of the molecule is Cc1nc(NCCCN(C)C)cc(NCC2CCCO2)n1. The van der Waals surface area contributed by atoms with Crippen molar-refractivity contribution in [3.8, 4) is 0 Å². The van der Waals surface area contributed by atoms with Crippen LogP contribution in [0.2, 0.25) is 0 Å². The minimum absolute atomic E-state index is 0.316. The summed E-state index contributed by atoms with van der Waals surface area (Å²) in [5.41, 5.74) is 0. The first-order valence-electron chi connectivity index (χ1n) is 7.73. The van der Waals surface area contributed by atoms with E-state index >= 15 is 0 Å². The van der Waals surface area contributed by atoms with Gasteiger partial charge in [-0.15, -0.1) is 0 Å². The van der Waals surface area contributed by atoms with E-state index in [0.717, 1.165) is 63.0 Å². The van der Waals surface area contributed by atoms with Crippen LogP contribution in [0, 0.1) is 6.92 Å². The van der Waals surface area contributed by atoms with E-state index in [9.17, 15) is 0 Å². The van der Waals surface area contributed by atoms with E-state index in [1.54, 1.807) is 0 Å². The molecular weight excluding hydrogens is 266 g/mol. The van der Waals surface area contributed by atoms with Gasteiger partial charge in [0.15, 0.2) is 0 Å². The molecule has 1 saturated heterocycles. The molecule has 1 fully saturated rings. The van der Waals surface area contributed by atoms with Crippen LogP contribution in [0.4, 0.5) is 11.6 Å². The molecule has 0 aromatic carbocycles. The van der Waals surface area contributed by atoms with E-state index < -0.39 is 0 Å². The maximum Gasteiger partial charge on any atom is 0.131 e. The zero-order chi connectivity index (χ0) is 15.1. The van der Waals surface area contributed by atoms with Crippen LogP contribution in [0.3, 0.4) is 0 Å². The first kappa shape index (κ1) is 16.0. The van der Waals surface area contributed by atoms with E-state index in [0.29, 0.717) is 6.10 Å². The van der Waals surface area contributed by atoms with Gasteiger partial charge in [-0.3, -0.25) is 0 Å². The summed E-state index contributed by atoms with van der Waals surface area (Å²) >= 11 is 0. The van der Waals surface area contributed by atoms with E-state index in [2.05, 4.69) is 39.6 Å². The summed E-state index contributed by atoms with van der Waals surface area (Å²) in [6.07, 6.45) is 3.70. The Bertz CT molecular complexity index is 432. The Hall–Kier alpha value is -1.40. The fourth-order valence-electron chi connectivity index (χ4n) is 2.38. The summed E-state index contributed by atoms with van der Waals surface area (Å²) in [7, 11) is 4.17. The van der Waals surface area contributed by atoms with Crippen molar-refractivity contribution in [1.82, 2.24) is 14.9 Å². The summed E-state index contributed by atoms with van der Waals surface area (Å²) in [6, 6.07) is 1.97. The predicted octanol–water partition coefficient (Wildman–Crippen LogP) is 1.74. The molecule has 6 nitrogen and oxygen atoms in total. The van der Waals surface area contributed by atoms with Crippen molar-refractivity contribution in [2.24, 2.45) is 0 Å². The van der Waals surface area contributed by atoms with Gasteiger partial charge in [-0.25, -0.2) is 9.97 Å². The van der Waals surface area contributed by atoms with Gasteiger partial charge < -0.3 is 20.3 Å². The van der Waals surface area contributed by atoms with E-state index in [4.69, 9.17) is 4.74 Å². The lowest BCUT2D eigenvalue weighted by molar-refractivity contribution is 0.120. The topological polar surface area (TPSA) is 62.3 Å². The van der Waals surface area contributed by atoms with E-state index in [1.165, 1.54) is 0 Å². The van der Waals surface area contributed by atoms with Crippen molar-refractivity contribution in [3.05, 3.63) is 11.9 Å².